The minimum atomic E-state index is -0.456. The number of ether oxygens (including phenoxy) is 3. The van der Waals surface area contributed by atoms with Crippen LogP contribution in [-0.4, -0.2) is 50.3 Å². The average Bonchev–Trinajstić information content (AvgIpc) is 3.29. The van der Waals surface area contributed by atoms with Crippen LogP contribution in [0, 0.1) is 0 Å². The summed E-state index contributed by atoms with van der Waals surface area (Å²) in [5.74, 6) is -0.183. The maximum Gasteiger partial charge on any atom is 0.326 e. The Morgan fingerprint density at radius 2 is 2.00 bits per heavy atom. The molecule has 0 saturated heterocycles. The lowest BCUT2D eigenvalue weighted by atomic mass is 10.1. The Balaban J connectivity index is 1.44. The van der Waals surface area contributed by atoms with E-state index in [2.05, 4.69) is 4.98 Å². The summed E-state index contributed by atoms with van der Waals surface area (Å²) >= 11 is 1.56. The molecule has 0 radical (unpaired) electrons. The van der Waals surface area contributed by atoms with Gasteiger partial charge in [0.2, 0.25) is 0 Å². The molecule has 0 unspecified atom stereocenters. The number of aromatic nitrogens is 1. The van der Waals surface area contributed by atoms with Gasteiger partial charge >= 0.3 is 5.97 Å². The molecule has 0 bridgehead atoms. The topological polar surface area (TPSA) is 78.0 Å². The van der Waals surface area contributed by atoms with E-state index in [0.29, 0.717) is 24.5 Å². The Morgan fingerprint density at radius 1 is 1.16 bits per heavy atom. The summed E-state index contributed by atoms with van der Waals surface area (Å²) in [6.07, 6.45) is 1.37. The minimum absolute atomic E-state index is 0.110. The van der Waals surface area contributed by atoms with Crippen LogP contribution in [0.1, 0.15) is 10.6 Å². The van der Waals surface area contributed by atoms with E-state index in [1.54, 1.807) is 24.5 Å². The number of fused-ring (bicyclic) bond motifs is 1. The van der Waals surface area contributed by atoms with E-state index in [1.807, 2.05) is 47.8 Å². The lowest BCUT2D eigenvalue weighted by Crippen LogP contribution is -2.42. The number of carbonyl (C=O) groups excluding carboxylic acids is 2. The third kappa shape index (κ3) is 5.33. The van der Waals surface area contributed by atoms with E-state index in [-0.39, 0.29) is 25.7 Å². The molecule has 0 atom stereocenters. The zero-order valence-electron chi connectivity index (χ0n) is 17.8. The lowest BCUT2D eigenvalue weighted by Gasteiger charge is -2.29. The van der Waals surface area contributed by atoms with Crippen molar-refractivity contribution in [2.24, 2.45) is 0 Å². The van der Waals surface area contributed by atoms with Crippen LogP contribution in [0.15, 0.2) is 53.9 Å². The molecule has 0 aliphatic carbocycles. The van der Waals surface area contributed by atoms with E-state index in [4.69, 9.17) is 14.2 Å². The van der Waals surface area contributed by atoms with E-state index in [9.17, 15) is 9.59 Å². The van der Waals surface area contributed by atoms with Crippen LogP contribution in [0.25, 0.3) is 11.3 Å². The lowest BCUT2D eigenvalue weighted by molar-refractivity contribution is -0.143. The van der Waals surface area contributed by atoms with E-state index in [1.165, 1.54) is 4.90 Å². The number of methoxy groups -OCH3 is 1. The Kier molecular flexibility index (Phi) is 7.14. The number of hydrogen-bond donors (Lipinski definition) is 0. The number of hydrogen-bond acceptors (Lipinski definition) is 7. The van der Waals surface area contributed by atoms with E-state index < -0.39 is 5.97 Å². The summed E-state index contributed by atoms with van der Waals surface area (Å²) in [5, 5.41) is 2.95. The van der Waals surface area contributed by atoms with Gasteiger partial charge in [-0.3, -0.25) is 14.5 Å². The molecule has 7 nitrogen and oxygen atoms in total. The summed E-state index contributed by atoms with van der Waals surface area (Å²) in [5.41, 5.74) is 3.30. The highest BCUT2D eigenvalue weighted by atomic mass is 32.1. The fourth-order valence-electron chi connectivity index (χ4n) is 3.38. The molecular weight excluding hydrogens is 428 g/mol. The molecule has 1 aliphatic heterocycles. The van der Waals surface area contributed by atoms with Gasteiger partial charge in [0, 0.05) is 30.9 Å². The van der Waals surface area contributed by atoms with Gasteiger partial charge in [0.15, 0.2) is 6.61 Å². The van der Waals surface area contributed by atoms with Gasteiger partial charge < -0.3 is 14.2 Å². The van der Waals surface area contributed by atoms with Crippen LogP contribution in [0.2, 0.25) is 0 Å². The van der Waals surface area contributed by atoms with Gasteiger partial charge in [-0.2, -0.15) is 0 Å². The van der Waals surface area contributed by atoms with Gasteiger partial charge in [-0.05, 0) is 23.8 Å². The van der Waals surface area contributed by atoms with Crippen molar-refractivity contribution in [2.75, 3.05) is 38.4 Å². The Hall–Kier alpha value is -3.23. The van der Waals surface area contributed by atoms with Crippen LogP contribution in [0.5, 0.6) is 5.75 Å². The van der Waals surface area contributed by atoms with Crippen molar-refractivity contribution in [1.82, 2.24) is 4.98 Å². The molecule has 0 fully saturated rings. The molecule has 1 amide bonds. The summed E-state index contributed by atoms with van der Waals surface area (Å²) in [4.78, 5) is 31.0. The number of esters is 1. The molecular formula is C24H24N2O5S. The van der Waals surface area contributed by atoms with Crippen molar-refractivity contribution in [3.05, 3.63) is 64.5 Å². The molecule has 0 N–H and O–H groups in total. The largest absolute Gasteiger partial charge is 0.482 e. The fraction of sp³-hybridized carbons (Fsp3) is 0.292. The molecule has 1 aromatic heterocycles. The summed E-state index contributed by atoms with van der Waals surface area (Å²) in [7, 11) is 1.66. The van der Waals surface area contributed by atoms with Crippen LogP contribution < -0.4 is 9.64 Å². The predicted octanol–water partition coefficient (Wildman–Crippen LogP) is 3.51. The molecule has 2 aromatic carbocycles. The second kappa shape index (κ2) is 10.4. The third-order valence-corrected chi connectivity index (χ3v) is 5.96. The number of nitrogens with zero attached hydrogens (tertiary/aromatic N) is 2. The average molecular weight is 453 g/mol. The Bertz CT molecular complexity index is 1080. The monoisotopic (exact) mass is 452 g/mol. The molecule has 3 aromatic rings. The van der Waals surface area contributed by atoms with Crippen molar-refractivity contribution in [2.45, 2.75) is 12.8 Å². The number of thiazole rings is 1. The molecule has 0 saturated carbocycles. The first-order valence-corrected chi connectivity index (χ1v) is 11.2. The maximum absolute atomic E-state index is 12.5. The van der Waals surface area contributed by atoms with Crippen molar-refractivity contribution >= 4 is 28.9 Å². The van der Waals surface area contributed by atoms with Gasteiger partial charge in [0.05, 0.1) is 29.6 Å². The SMILES string of the molecule is COCCc1nc(-c2ccc3c(c2)N(CC(=O)OCCc2ccccc2)C(=O)CO3)cs1. The Labute approximate surface area is 190 Å². The second-order valence-electron chi connectivity index (χ2n) is 7.28. The number of anilines is 1. The number of rotatable bonds is 9. The molecule has 166 valence electrons. The van der Waals surface area contributed by atoms with E-state index >= 15 is 0 Å². The predicted molar refractivity (Wildman–Crippen MR) is 122 cm³/mol. The first kappa shape index (κ1) is 22.0. The van der Waals surface area contributed by atoms with E-state index in [0.717, 1.165) is 28.2 Å². The van der Waals surface area contributed by atoms with Crippen molar-refractivity contribution in [3.8, 4) is 17.0 Å². The second-order valence-corrected chi connectivity index (χ2v) is 8.22. The van der Waals surface area contributed by atoms with Crippen LogP contribution in [-0.2, 0) is 31.9 Å². The smallest absolute Gasteiger partial charge is 0.326 e. The highest BCUT2D eigenvalue weighted by molar-refractivity contribution is 7.09. The molecule has 0 spiro atoms. The number of benzene rings is 2. The fourth-order valence-corrected chi connectivity index (χ4v) is 4.17. The van der Waals surface area contributed by atoms with Gasteiger partial charge in [0.25, 0.3) is 5.91 Å². The van der Waals surface area contributed by atoms with Gasteiger partial charge in [-0.1, -0.05) is 30.3 Å². The van der Waals surface area contributed by atoms with Crippen molar-refractivity contribution < 1.29 is 23.8 Å². The van der Waals surface area contributed by atoms with Gasteiger partial charge in [-0.15, -0.1) is 11.3 Å². The van der Waals surface area contributed by atoms with Crippen LogP contribution >= 0.6 is 11.3 Å². The molecule has 4 rings (SSSR count). The highest BCUT2D eigenvalue weighted by Gasteiger charge is 2.28. The van der Waals surface area contributed by atoms with Crippen molar-refractivity contribution in [3.63, 3.8) is 0 Å². The van der Waals surface area contributed by atoms with Crippen LogP contribution in [0.3, 0.4) is 0 Å². The normalized spacial score (nSPS) is 12.9. The summed E-state index contributed by atoms with van der Waals surface area (Å²) < 4.78 is 16.0. The summed E-state index contributed by atoms with van der Waals surface area (Å²) in [6.45, 7) is 0.599. The minimum Gasteiger partial charge on any atom is -0.482 e. The zero-order valence-corrected chi connectivity index (χ0v) is 18.6. The van der Waals surface area contributed by atoms with Crippen LogP contribution in [0.4, 0.5) is 5.69 Å². The summed E-state index contributed by atoms with van der Waals surface area (Å²) in [6, 6.07) is 15.3. The Morgan fingerprint density at radius 3 is 2.81 bits per heavy atom. The molecule has 2 heterocycles. The number of amides is 1. The van der Waals surface area contributed by atoms with Crippen molar-refractivity contribution in [1.29, 1.82) is 0 Å². The molecule has 8 heteroatoms. The highest BCUT2D eigenvalue weighted by Crippen LogP contribution is 2.36. The molecule has 32 heavy (non-hydrogen) atoms. The van der Waals surface area contributed by atoms with Gasteiger partial charge in [0.1, 0.15) is 12.3 Å². The molecule has 1 aliphatic rings. The number of carbonyl (C=O) groups is 2. The standard InChI is InChI=1S/C24H24N2O5S/c1-29-11-10-22-25-19(16-32-22)18-7-8-21-20(13-18)26(23(27)15-31-21)14-24(28)30-12-9-17-5-3-2-4-6-17/h2-8,13,16H,9-12,14-15H2,1H3. The zero-order chi connectivity index (χ0) is 22.3. The quantitative estimate of drug-likeness (QED) is 0.463. The maximum atomic E-state index is 12.5. The van der Waals surface area contributed by atoms with Gasteiger partial charge in [-0.25, -0.2) is 4.98 Å². The third-order valence-electron chi connectivity index (χ3n) is 5.05. The first-order chi connectivity index (χ1) is 15.6. The first-order valence-electron chi connectivity index (χ1n) is 10.3.